The van der Waals surface area contributed by atoms with Crippen LogP contribution in [0.15, 0.2) is 47.9 Å². The summed E-state index contributed by atoms with van der Waals surface area (Å²) in [6, 6.07) is 9.97. The second kappa shape index (κ2) is 11.3. The molecule has 36 heavy (non-hydrogen) atoms. The van der Waals surface area contributed by atoms with E-state index in [0.29, 0.717) is 52.8 Å². The van der Waals surface area contributed by atoms with Crippen LogP contribution in [0.4, 0.5) is 5.69 Å². The average Bonchev–Trinajstić information content (AvgIpc) is 3.34. The van der Waals surface area contributed by atoms with Crippen molar-refractivity contribution < 1.29 is 19.5 Å². The zero-order valence-corrected chi connectivity index (χ0v) is 21.6. The second-order valence-electron chi connectivity index (χ2n) is 8.69. The average molecular weight is 546 g/mol. The number of thiophene rings is 1. The van der Waals surface area contributed by atoms with Gasteiger partial charge in [0.05, 0.1) is 27.2 Å². The van der Waals surface area contributed by atoms with Gasteiger partial charge in [-0.3, -0.25) is 14.4 Å². The summed E-state index contributed by atoms with van der Waals surface area (Å²) in [5.74, 6) is -1.70. The summed E-state index contributed by atoms with van der Waals surface area (Å²) in [6.07, 6.45) is 3.87. The molecule has 4 rings (SSSR count). The van der Waals surface area contributed by atoms with Gasteiger partial charge in [-0.2, -0.15) is 0 Å². The maximum Gasteiger partial charge on any atom is 0.305 e. The Kier molecular flexibility index (Phi) is 8.18. The number of carboxylic acid groups (broad SMARTS) is 1. The van der Waals surface area contributed by atoms with E-state index in [1.165, 1.54) is 17.4 Å². The van der Waals surface area contributed by atoms with Crippen molar-refractivity contribution in [2.75, 3.05) is 18.8 Å². The van der Waals surface area contributed by atoms with Crippen molar-refractivity contribution in [1.82, 2.24) is 10.2 Å². The number of nitrogens with zero attached hydrogens (tertiary/aromatic N) is 1. The Morgan fingerprint density at radius 1 is 1.14 bits per heavy atom. The molecule has 188 valence electrons. The van der Waals surface area contributed by atoms with Gasteiger partial charge in [0, 0.05) is 30.8 Å². The van der Waals surface area contributed by atoms with Crippen molar-refractivity contribution in [1.29, 1.82) is 0 Å². The first kappa shape index (κ1) is 26.0. The maximum atomic E-state index is 12.9. The molecule has 10 heteroatoms. The van der Waals surface area contributed by atoms with Gasteiger partial charge >= 0.3 is 5.97 Å². The monoisotopic (exact) mass is 545 g/mol. The lowest BCUT2D eigenvalue weighted by molar-refractivity contribution is -0.138. The Balaban J connectivity index is 1.35. The number of piperidine rings is 1. The molecule has 4 N–H and O–H groups in total. The largest absolute Gasteiger partial charge is 0.481 e. The van der Waals surface area contributed by atoms with Crippen molar-refractivity contribution in [3.8, 4) is 0 Å². The van der Waals surface area contributed by atoms with Crippen molar-refractivity contribution in [3.05, 3.63) is 69.0 Å². The molecule has 0 unspecified atom stereocenters. The Hall–Kier alpha value is -3.07. The number of likely N-dealkylation sites (tertiary alicyclic amines) is 1. The third kappa shape index (κ3) is 6.00. The van der Waals surface area contributed by atoms with E-state index in [1.807, 2.05) is 17.5 Å². The molecule has 7 nitrogen and oxygen atoms in total. The van der Waals surface area contributed by atoms with Crippen molar-refractivity contribution in [2.24, 2.45) is 5.92 Å². The molecule has 1 atom stereocenters. The quantitative estimate of drug-likeness (QED) is 0.272. The first-order valence-corrected chi connectivity index (χ1v) is 13.1. The third-order valence-electron chi connectivity index (χ3n) is 6.27. The highest BCUT2D eigenvalue weighted by Gasteiger charge is 2.29. The number of nitrogens with two attached hydrogens (primary N) is 1. The molecule has 0 radical (unpaired) electrons. The predicted molar refractivity (Wildman–Crippen MR) is 144 cm³/mol. The van der Waals surface area contributed by atoms with E-state index < -0.39 is 12.0 Å². The van der Waals surface area contributed by atoms with Gasteiger partial charge in [-0.15, -0.1) is 11.3 Å². The summed E-state index contributed by atoms with van der Waals surface area (Å²) in [4.78, 5) is 38.7. The van der Waals surface area contributed by atoms with Crippen LogP contribution in [0, 0.1) is 5.92 Å². The van der Waals surface area contributed by atoms with E-state index in [2.05, 4.69) is 5.32 Å². The van der Waals surface area contributed by atoms with Gasteiger partial charge in [0.15, 0.2) is 0 Å². The SMILES string of the molecule is Nc1ccc([C@@H](CC(=O)O)NC(=O)C2CCN(C(=O)/C=C/c3cc4ccsc4c(Cl)c3Cl)CC2)cc1. The number of nitrogens with one attached hydrogen (secondary N) is 1. The fraction of sp³-hybridized carbons (Fsp3) is 0.269. The van der Waals surface area contributed by atoms with Crippen LogP contribution in [0.1, 0.15) is 36.4 Å². The van der Waals surface area contributed by atoms with E-state index in [9.17, 15) is 19.5 Å². The fourth-order valence-corrected chi connectivity index (χ4v) is 5.70. The summed E-state index contributed by atoms with van der Waals surface area (Å²) in [7, 11) is 0. The Morgan fingerprint density at radius 2 is 1.83 bits per heavy atom. The van der Waals surface area contributed by atoms with Gasteiger partial charge in [0.25, 0.3) is 0 Å². The number of hydrogen-bond donors (Lipinski definition) is 3. The highest BCUT2D eigenvalue weighted by Crippen LogP contribution is 2.37. The summed E-state index contributed by atoms with van der Waals surface area (Å²) in [5.41, 5.74) is 7.62. The zero-order chi connectivity index (χ0) is 25.8. The molecule has 1 saturated heterocycles. The second-order valence-corrected chi connectivity index (χ2v) is 10.4. The number of rotatable bonds is 7. The number of nitrogen functional groups attached to an aromatic ring is 1. The molecular weight excluding hydrogens is 521 g/mol. The Morgan fingerprint density at radius 3 is 2.50 bits per heavy atom. The molecule has 1 aliphatic heterocycles. The lowest BCUT2D eigenvalue weighted by atomic mass is 9.94. The fourth-order valence-electron chi connectivity index (χ4n) is 4.26. The summed E-state index contributed by atoms with van der Waals surface area (Å²) >= 11 is 14.3. The van der Waals surface area contributed by atoms with Gasteiger partial charge in [0.1, 0.15) is 0 Å². The first-order valence-electron chi connectivity index (χ1n) is 11.4. The number of anilines is 1. The molecule has 3 aromatic rings. The number of benzene rings is 2. The molecule has 1 aliphatic rings. The number of aliphatic carboxylic acids is 1. The lowest BCUT2D eigenvalue weighted by Crippen LogP contribution is -2.43. The number of carbonyl (C=O) groups excluding carboxylic acids is 2. The molecule has 0 saturated carbocycles. The van der Waals surface area contributed by atoms with E-state index in [-0.39, 0.29) is 24.2 Å². The van der Waals surface area contributed by atoms with Gasteiger partial charge < -0.3 is 21.1 Å². The van der Waals surface area contributed by atoms with E-state index in [0.717, 1.165) is 10.1 Å². The number of fused-ring (bicyclic) bond motifs is 1. The van der Waals surface area contributed by atoms with Crippen LogP contribution < -0.4 is 11.1 Å². The van der Waals surface area contributed by atoms with Gasteiger partial charge in [-0.1, -0.05) is 35.3 Å². The van der Waals surface area contributed by atoms with Crippen LogP contribution in [-0.2, 0) is 14.4 Å². The molecule has 2 heterocycles. The van der Waals surface area contributed by atoms with Crippen LogP contribution in [0.25, 0.3) is 16.2 Å². The molecule has 0 spiro atoms. The van der Waals surface area contributed by atoms with Crippen LogP contribution in [-0.4, -0.2) is 40.9 Å². The standard InChI is InChI=1S/C26H25Cl2N3O4S/c27-23-17(13-18-9-12-36-25(18)24(23)28)3-6-21(32)31-10-7-16(8-11-31)26(35)30-20(14-22(33)34)15-1-4-19(29)5-2-15/h1-6,9,12-13,16,20H,7-8,10-11,14,29H2,(H,30,35)(H,33,34)/b6-3+/t20-/m1/s1. The van der Waals surface area contributed by atoms with E-state index in [4.69, 9.17) is 28.9 Å². The molecule has 1 aromatic heterocycles. The van der Waals surface area contributed by atoms with Gasteiger partial charge in [0.2, 0.25) is 11.8 Å². The van der Waals surface area contributed by atoms with Crippen LogP contribution in [0.2, 0.25) is 10.0 Å². The topological polar surface area (TPSA) is 113 Å². The maximum absolute atomic E-state index is 12.9. The zero-order valence-electron chi connectivity index (χ0n) is 19.2. The van der Waals surface area contributed by atoms with Crippen molar-refractivity contribution in [2.45, 2.75) is 25.3 Å². The summed E-state index contributed by atoms with van der Waals surface area (Å²) in [6.45, 7) is 0.843. The van der Waals surface area contributed by atoms with Gasteiger partial charge in [-0.05, 0) is 65.1 Å². The summed E-state index contributed by atoms with van der Waals surface area (Å²) < 4.78 is 0.910. The molecule has 0 aliphatic carbocycles. The molecular formula is C26H25Cl2N3O4S. The lowest BCUT2D eigenvalue weighted by Gasteiger charge is -2.31. The Bertz CT molecular complexity index is 1310. The van der Waals surface area contributed by atoms with E-state index >= 15 is 0 Å². The van der Waals surface area contributed by atoms with Crippen LogP contribution >= 0.6 is 34.5 Å². The highest BCUT2D eigenvalue weighted by molar-refractivity contribution is 7.18. The number of carbonyl (C=O) groups is 3. The summed E-state index contributed by atoms with van der Waals surface area (Å²) in [5, 5.41) is 15.9. The minimum atomic E-state index is -1.01. The van der Waals surface area contributed by atoms with E-state index in [1.54, 1.807) is 35.2 Å². The first-order chi connectivity index (χ1) is 17.2. The highest BCUT2D eigenvalue weighted by atomic mass is 35.5. The smallest absolute Gasteiger partial charge is 0.305 e. The number of amides is 2. The molecule has 2 aromatic carbocycles. The van der Waals surface area contributed by atoms with Crippen LogP contribution in [0.5, 0.6) is 0 Å². The predicted octanol–water partition coefficient (Wildman–Crippen LogP) is 5.37. The number of halogens is 2. The van der Waals surface area contributed by atoms with Crippen LogP contribution in [0.3, 0.4) is 0 Å². The van der Waals surface area contributed by atoms with Gasteiger partial charge in [-0.25, -0.2) is 0 Å². The number of hydrogen-bond acceptors (Lipinski definition) is 5. The minimum Gasteiger partial charge on any atom is -0.481 e. The van der Waals surface area contributed by atoms with Crippen molar-refractivity contribution in [3.63, 3.8) is 0 Å². The number of carboxylic acids is 1. The molecule has 0 bridgehead atoms. The van der Waals surface area contributed by atoms with Crippen molar-refractivity contribution >= 4 is 74.2 Å². The minimum absolute atomic E-state index is 0.169. The Labute approximate surface area is 222 Å². The third-order valence-corrected chi connectivity index (χ3v) is 8.21. The molecule has 2 amide bonds. The normalized spacial score (nSPS) is 15.3. The molecule has 1 fully saturated rings.